The Kier molecular flexibility index (Phi) is 5.83. The average Bonchev–Trinajstić information content (AvgIpc) is 2.48. The van der Waals surface area contributed by atoms with Crippen molar-refractivity contribution >= 4 is 29.1 Å². The normalized spacial score (nSPS) is 10.8. The van der Waals surface area contributed by atoms with Crippen molar-refractivity contribution in [2.45, 2.75) is 13.1 Å². The van der Waals surface area contributed by atoms with Gasteiger partial charge in [0.1, 0.15) is 6.54 Å². The lowest BCUT2D eigenvalue weighted by atomic mass is 10.1. The molecule has 2 N–H and O–H groups in total. The minimum Gasteiger partial charge on any atom is -0.348 e. The summed E-state index contributed by atoms with van der Waals surface area (Å²) in [6.45, 7) is 1.46. The topological polar surface area (TPSA) is 33.5 Å². The van der Waals surface area contributed by atoms with Gasteiger partial charge < -0.3 is 10.2 Å². The summed E-state index contributed by atoms with van der Waals surface area (Å²) in [5.74, 6) is -0.166. The minimum atomic E-state index is -0.166. The Hall–Kier alpha value is -1.55. The molecule has 0 aliphatic heterocycles. The van der Waals surface area contributed by atoms with E-state index in [9.17, 15) is 4.79 Å². The van der Waals surface area contributed by atoms with Gasteiger partial charge in [-0.15, -0.1) is 0 Å². The van der Waals surface area contributed by atoms with E-state index >= 15 is 0 Å². The van der Waals surface area contributed by atoms with Crippen LogP contribution in [-0.2, 0) is 13.1 Å². The van der Waals surface area contributed by atoms with E-state index in [0.717, 1.165) is 12.1 Å². The third-order valence-corrected chi connectivity index (χ3v) is 3.95. The maximum Gasteiger partial charge on any atom is 0.251 e. The summed E-state index contributed by atoms with van der Waals surface area (Å²) >= 11 is 11.8. The molecule has 0 fully saturated rings. The largest absolute Gasteiger partial charge is 0.348 e. The molecule has 0 aromatic heterocycles. The first-order valence-corrected chi connectivity index (χ1v) is 7.81. The second-order valence-electron chi connectivity index (χ2n) is 5.51. The van der Waals surface area contributed by atoms with Crippen LogP contribution in [-0.4, -0.2) is 20.0 Å². The van der Waals surface area contributed by atoms with Gasteiger partial charge in [0, 0.05) is 17.7 Å². The summed E-state index contributed by atoms with van der Waals surface area (Å²) < 4.78 is 0. The van der Waals surface area contributed by atoms with Crippen molar-refractivity contribution < 1.29 is 9.69 Å². The van der Waals surface area contributed by atoms with E-state index < -0.39 is 0 Å². The van der Waals surface area contributed by atoms with Gasteiger partial charge in [-0.1, -0.05) is 47.5 Å². The smallest absolute Gasteiger partial charge is 0.251 e. The second-order valence-corrected chi connectivity index (χ2v) is 6.33. The molecule has 5 heteroatoms. The molecular formula is C17H19Cl2N2O+. The van der Waals surface area contributed by atoms with Crippen LogP contribution in [0.25, 0.3) is 0 Å². The van der Waals surface area contributed by atoms with Gasteiger partial charge in [0.25, 0.3) is 5.91 Å². The van der Waals surface area contributed by atoms with Gasteiger partial charge in [0.05, 0.1) is 24.1 Å². The molecule has 2 rings (SSSR count). The monoisotopic (exact) mass is 337 g/mol. The molecule has 3 nitrogen and oxygen atoms in total. The standard InChI is InChI=1S/C17H18Cl2N2O/c1-21(2)11-13-5-3-12(4-6-13)10-20-17(22)14-7-8-15(18)16(19)9-14/h3-9H,10-11H2,1-2H3,(H,20,22)/p+1. The Bertz CT molecular complexity index is 654. The maximum atomic E-state index is 12.1. The predicted molar refractivity (Wildman–Crippen MR) is 90.6 cm³/mol. The first-order valence-electron chi connectivity index (χ1n) is 7.06. The Morgan fingerprint density at radius 3 is 2.23 bits per heavy atom. The number of carbonyl (C=O) groups is 1. The zero-order chi connectivity index (χ0) is 16.1. The number of rotatable bonds is 5. The van der Waals surface area contributed by atoms with Crippen LogP contribution in [0.5, 0.6) is 0 Å². The van der Waals surface area contributed by atoms with Crippen LogP contribution >= 0.6 is 23.2 Å². The van der Waals surface area contributed by atoms with Crippen LogP contribution in [0.4, 0.5) is 0 Å². The molecule has 1 amide bonds. The molecule has 0 saturated carbocycles. The van der Waals surface area contributed by atoms with Gasteiger partial charge in [-0.2, -0.15) is 0 Å². The van der Waals surface area contributed by atoms with E-state index in [0.29, 0.717) is 22.2 Å². The molecule has 0 aliphatic carbocycles. The molecule has 22 heavy (non-hydrogen) atoms. The van der Waals surface area contributed by atoms with Gasteiger partial charge in [-0.3, -0.25) is 4.79 Å². The number of hydrogen-bond donors (Lipinski definition) is 2. The predicted octanol–water partition coefficient (Wildman–Crippen LogP) is 2.57. The highest BCUT2D eigenvalue weighted by molar-refractivity contribution is 6.42. The molecule has 2 aromatic rings. The lowest BCUT2D eigenvalue weighted by Gasteiger charge is -2.09. The molecule has 0 heterocycles. The molecule has 116 valence electrons. The molecule has 0 unspecified atom stereocenters. The van der Waals surface area contributed by atoms with Crippen molar-refractivity contribution in [1.29, 1.82) is 0 Å². The van der Waals surface area contributed by atoms with Crippen molar-refractivity contribution in [2.24, 2.45) is 0 Å². The molecule has 0 atom stereocenters. The zero-order valence-corrected chi connectivity index (χ0v) is 14.1. The SMILES string of the molecule is C[NH+](C)Cc1ccc(CNC(=O)c2ccc(Cl)c(Cl)c2)cc1. The average molecular weight is 338 g/mol. The maximum absolute atomic E-state index is 12.1. The molecule has 2 aromatic carbocycles. The van der Waals surface area contributed by atoms with Gasteiger partial charge in [-0.25, -0.2) is 0 Å². The molecule has 0 saturated heterocycles. The first-order chi connectivity index (χ1) is 10.5. The Labute approximate surface area is 140 Å². The number of halogens is 2. The summed E-state index contributed by atoms with van der Waals surface area (Å²) in [6, 6.07) is 13.1. The van der Waals surface area contributed by atoms with Gasteiger partial charge in [-0.05, 0) is 23.8 Å². The van der Waals surface area contributed by atoms with E-state index in [1.54, 1.807) is 18.2 Å². The third-order valence-electron chi connectivity index (χ3n) is 3.22. The second kappa shape index (κ2) is 7.63. The van der Waals surface area contributed by atoms with E-state index in [1.807, 2.05) is 12.1 Å². The number of benzene rings is 2. The molecule has 0 aliphatic rings. The minimum absolute atomic E-state index is 0.166. The van der Waals surface area contributed by atoms with E-state index in [1.165, 1.54) is 10.5 Å². The van der Waals surface area contributed by atoms with Crippen molar-refractivity contribution in [3.8, 4) is 0 Å². The molecule has 0 radical (unpaired) electrons. The number of nitrogens with one attached hydrogen (secondary N) is 2. The zero-order valence-electron chi connectivity index (χ0n) is 12.6. The van der Waals surface area contributed by atoms with Crippen LogP contribution in [0, 0.1) is 0 Å². The Morgan fingerprint density at radius 1 is 1.00 bits per heavy atom. The van der Waals surface area contributed by atoms with Crippen molar-refractivity contribution in [1.82, 2.24) is 5.32 Å². The van der Waals surface area contributed by atoms with Crippen LogP contribution in [0.2, 0.25) is 10.0 Å². The number of carbonyl (C=O) groups excluding carboxylic acids is 1. The van der Waals surface area contributed by atoms with Gasteiger partial charge >= 0.3 is 0 Å². The van der Waals surface area contributed by atoms with E-state index in [-0.39, 0.29) is 5.91 Å². The molecule has 0 bridgehead atoms. The van der Waals surface area contributed by atoms with E-state index in [2.05, 4.69) is 31.5 Å². The summed E-state index contributed by atoms with van der Waals surface area (Å²) in [6.07, 6.45) is 0. The third kappa shape index (κ3) is 4.73. The van der Waals surface area contributed by atoms with Gasteiger partial charge in [0.2, 0.25) is 0 Å². The van der Waals surface area contributed by atoms with Crippen LogP contribution < -0.4 is 10.2 Å². The highest BCUT2D eigenvalue weighted by Gasteiger charge is 2.08. The molecule has 0 spiro atoms. The Balaban J connectivity index is 1.94. The number of quaternary nitrogens is 1. The van der Waals surface area contributed by atoms with Crippen molar-refractivity contribution in [2.75, 3.05) is 14.1 Å². The lowest BCUT2D eigenvalue weighted by molar-refractivity contribution is -0.872. The van der Waals surface area contributed by atoms with E-state index in [4.69, 9.17) is 23.2 Å². The van der Waals surface area contributed by atoms with Crippen LogP contribution in [0.15, 0.2) is 42.5 Å². The highest BCUT2D eigenvalue weighted by atomic mass is 35.5. The van der Waals surface area contributed by atoms with Crippen LogP contribution in [0.1, 0.15) is 21.5 Å². The van der Waals surface area contributed by atoms with Crippen molar-refractivity contribution in [3.63, 3.8) is 0 Å². The van der Waals surface area contributed by atoms with Crippen molar-refractivity contribution in [3.05, 3.63) is 69.2 Å². The summed E-state index contributed by atoms with van der Waals surface area (Å²) in [4.78, 5) is 13.5. The van der Waals surface area contributed by atoms with Gasteiger partial charge in [0.15, 0.2) is 0 Å². The fraction of sp³-hybridized carbons (Fsp3) is 0.235. The van der Waals surface area contributed by atoms with Crippen LogP contribution in [0.3, 0.4) is 0 Å². The quantitative estimate of drug-likeness (QED) is 0.863. The summed E-state index contributed by atoms with van der Waals surface area (Å²) in [7, 11) is 4.23. The fourth-order valence-corrected chi connectivity index (χ4v) is 2.40. The molecular weight excluding hydrogens is 319 g/mol. The highest BCUT2D eigenvalue weighted by Crippen LogP contribution is 2.22. The summed E-state index contributed by atoms with van der Waals surface area (Å²) in [5, 5.41) is 3.70. The number of amides is 1. The Morgan fingerprint density at radius 2 is 1.64 bits per heavy atom. The first kappa shape index (κ1) is 16.8. The fourth-order valence-electron chi connectivity index (χ4n) is 2.10. The lowest BCUT2D eigenvalue weighted by Crippen LogP contribution is -3.04. The number of hydrogen-bond acceptors (Lipinski definition) is 1. The summed E-state index contributed by atoms with van der Waals surface area (Å²) in [5.41, 5.74) is 2.84.